The van der Waals surface area contributed by atoms with Crippen LogP contribution in [0, 0.1) is 0 Å². The largest absolute Gasteiger partial charge is 0.497 e. The van der Waals surface area contributed by atoms with Crippen molar-refractivity contribution in [2.45, 2.75) is 6.54 Å². The summed E-state index contributed by atoms with van der Waals surface area (Å²) in [5.74, 6) is 0.505. The average Bonchev–Trinajstić information content (AvgIpc) is 2.94. The predicted octanol–water partition coefficient (Wildman–Crippen LogP) is 0.961. The van der Waals surface area contributed by atoms with Crippen molar-refractivity contribution in [2.75, 3.05) is 7.11 Å². The van der Waals surface area contributed by atoms with Crippen LogP contribution in [0.2, 0.25) is 0 Å². The third-order valence-corrected chi connectivity index (χ3v) is 3.29. The summed E-state index contributed by atoms with van der Waals surface area (Å²) in [7, 11) is 1.60. The lowest BCUT2D eigenvalue weighted by molar-refractivity contribution is 0.0950. The third-order valence-electron chi connectivity index (χ3n) is 3.29. The van der Waals surface area contributed by atoms with Crippen molar-refractivity contribution >= 4 is 11.6 Å². The Balaban J connectivity index is 1.72. The zero-order valence-corrected chi connectivity index (χ0v) is 11.9. The molecule has 7 heteroatoms. The van der Waals surface area contributed by atoms with Gasteiger partial charge in [0.2, 0.25) is 0 Å². The Morgan fingerprint density at radius 2 is 2.05 bits per heavy atom. The number of amides is 1. The minimum absolute atomic E-state index is 0.259. The van der Waals surface area contributed by atoms with Crippen LogP contribution < -0.4 is 15.7 Å². The maximum Gasteiger partial charge on any atom is 0.347 e. The first-order valence-corrected chi connectivity index (χ1v) is 6.65. The second kappa shape index (κ2) is 5.72. The van der Waals surface area contributed by atoms with Gasteiger partial charge in [-0.3, -0.25) is 4.79 Å². The first kappa shape index (κ1) is 13.9. The van der Waals surface area contributed by atoms with Crippen LogP contribution in [0.1, 0.15) is 15.9 Å². The summed E-state index contributed by atoms with van der Waals surface area (Å²) in [6.07, 6.45) is 1.46. The van der Waals surface area contributed by atoms with E-state index in [2.05, 4.69) is 15.5 Å². The van der Waals surface area contributed by atoms with Crippen molar-refractivity contribution in [2.24, 2.45) is 0 Å². The number of ether oxygens (including phenoxy) is 1. The van der Waals surface area contributed by atoms with E-state index in [9.17, 15) is 9.59 Å². The molecule has 0 atom stereocenters. The number of hydrogen-bond acceptors (Lipinski definition) is 4. The van der Waals surface area contributed by atoms with Gasteiger partial charge in [0.05, 0.1) is 12.7 Å². The number of carbonyl (C=O) groups excluding carboxylic acids is 1. The molecule has 0 saturated heterocycles. The molecule has 1 amide bonds. The van der Waals surface area contributed by atoms with Gasteiger partial charge in [-0.15, -0.1) is 0 Å². The van der Waals surface area contributed by atoms with Gasteiger partial charge in [-0.05, 0) is 29.8 Å². The fraction of sp³-hybridized carbons (Fsp3) is 0.133. The van der Waals surface area contributed by atoms with E-state index < -0.39 is 0 Å². The molecule has 0 saturated carbocycles. The Bertz CT molecular complexity index is 864. The van der Waals surface area contributed by atoms with Crippen LogP contribution in [0.15, 0.2) is 47.4 Å². The zero-order chi connectivity index (χ0) is 15.5. The summed E-state index contributed by atoms with van der Waals surface area (Å²) in [4.78, 5) is 23.6. The molecular formula is C15H14N4O3. The van der Waals surface area contributed by atoms with E-state index in [1.54, 1.807) is 19.2 Å². The summed E-state index contributed by atoms with van der Waals surface area (Å²) in [5, 5.41) is 8.94. The molecule has 3 aromatic rings. The lowest BCUT2D eigenvalue weighted by Gasteiger charge is -2.06. The number of nitrogens with one attached hydrogen (secondary N) is 2. The summed E-state index contributed by atoms with van der Waals surface area (Å²) in [6, 6.07) is 10.7. The molecule has 0 radical (unpaired) electrons. The van der Waals surface area contributed by atoms with Crippen LogP contribution in [-0.2, 0) is 6.54 Å². The topological polar surface area (TPSA) is 88.5 Å². The number of methoxy groups -OCH3 is 1. The molecule has 2 heterocycles. The van der Waals surface area contributed by atoms with Crippen LogP contribution in [-0.4, -0.2) is 27.6 Å². The van der Waals surface area contributed by atoms with Crippen molar-refractivity contribution in [3.63, 3.8) is 0 Å². The molecule has 1 aromatic carbocycles. The van der Waals surface area contributed by atoms with E-state index in [0.717, 1.165) is 11.3 Å². The number of nitrogens with zero attached hydrogens (tertiary/aromatic N) is 2. The summed E-state index contributed by atoms with van der Waals surface area (Å²) < 4.78 is 6.37. The number of rotatable bonds is 4. The molecule has 0 aliphatic heterocycles. The van der Waals surface area contributed by atoms with Gasteiger partial charge in [-0.25, -0.2) is 14.3 Å². The second-order valence-electron chi connectivity index (χ2n) is 4.71. The molecule has 7 nitrogen and oxygen atoms in total. The number of hydrogen-bond donors (Lipinski definition) is 2. The average molecular weight is 298 g/mol. The zero-order valence-electron chi connectivity index (χ0n) is 11.9. The Labute approximate surface area is 125 Å². The highest BCUT2D eigenvalue weighted by molar-refractivity contribution is 5.94. The smallest absolute Gasteiger partial charge is 0.347 e. The molecule has 0 spiro atoms. The Hall–Kier alpha value is -3.09. The van der Waals surface area contributed by atoms with Gasteiger partial charge in [-0.1, -0.05) is 12.1 Å². The molecule has 2 N–H and O–H groups in total. The third kappa shape index (κ3) is 2.69. The number of pyridine rings is 1. The summed E-state index contributed by atoms with van der Waals surface area (Å²) in [5.41, 5.74) is 1.44. The van der Waals surface area contributed by atoms with Gasteiger partial charge in [-0.2, -0.15) is 5.10 Å². The van der Waals surface area contributed by atoms with E-state index in [0.29, 0.717) is 17.8 Å². The van der Waals surface area contributed by atoms with Crippen molar-refractivity contribution in [3.05, 3.63) is 64.2 Å². The van der Waals surface area contributed by atoms with Crippen molar-refractivity contribution in [1.29, 1.82) is 0 Å². The van der Waals surface area contributed by atoms with Crippen LogP contribution in [0.5, 0.6) is 5.75 Å². The highest BCUT2D eigenvalue weighted by Gasteiger charge is 2.08. The fourth-order valence-corrected chi connectivity index (χ4v) is 2.07. The van der Waals surface area contributed by atoms with Gasteiger partial charge in [0, 0.05) is 12.7 Å². The van der Waals surface area contributed by atoms with Gasteiger partial charge in [0.25, 0.3) is 5.91 Å². The van der Waals surface area contributed by atoms with E-state index in [4.69, 9.17) is 4.74 Å². The minimum atomic E-state index is -0.375. The Kier molecular flexibility index (Phi) is 3.61. The number of benzene rings is 1. The standard InChI is InChI=1S/C15H14N4O3/c1-22-12-5-2-10(3-6-12)8-16-14(20)11-4-7-13-17-18-15(21)19(13)9-11/h2-7,9H,8H2,1H3,(H,16,20)(H,18,21). The SMILES string of the molecule is COc1ccc(CNC(=O)c2ccc3n[nH]c(=O)n3c2)cc1. The molecule has 0 unspecified atom stereocenters. The minimum Gasteiger partial charge on any atom is -0.497 e. The van der Waals surface area contributed by atoms with Crippen LogP contribution in [0.3, 0.4) is 0 Å². The fourth-order valence-electron chi connectivity index (χ4n) is 2.07. The summed E-state index contributed by atoms with van der Waals surface area (Å²) in [6.45, 7) is 0.390. The van der Waals surface area contributed by atoms with Crippen LogP contribution in [0.25, 0.3) is 5.65 Å². The molecule has 22 heavy (non-hydrogen) atoms. The monoisotopic (exact) mass is 298 g/mol. The van der Waals surface area contributed by atoms with Gasteiger partial charge < -0.3 is 10.1 Å². The van der Waals surface area contributed by atoms with Gasteiger partial charge in [0.15, 0.2) is 5.65 Å². The number of H-pyrrole nitrogens is 1. The number of fused-ring (bicyclic) bond motifs is 1. The molecular weight excluding hydrogens is 284 g/mol. The predicted molar refractivity (Wildman–Crippen MR) is 80.0 cm³/mol. The molecule has 3 rings (SSSR count). The lowest BCUT2D eigenvalue weighted by Crippen LogP contribution is -2.23. The maximum atomic E-state index is 12.1. The molecule has 0 bridgehead atoms. The highest BCUT2D eigenvalue weighted by Crippen LogP contribution is 2.11. The van der Waals surface area contributed by atoms with Crippen molar-refractivity contribution in [3.8, 4) is 5.75 Å². The second-order valence-corrected chi connectivity index (χ2v) is 4.71. The van der Waals surface area contributed by atoms with E-state index in [1.165, 1.54) is 10.6 Å². The van der Waals surface area contributed by atoms with Gasteiger partial charge >= 0.3 is 5.69 Å². The molecule has 0 aliphatic rings. The van der Waals surface area contributed by atoms with Crippen molar-refractivity contribution in [1.82, 2.24) is 19.9 Å². The molecule has 0 fully saturated rings. The molecule has 2 aromatic heterocycles. The lowest BCUT2D eigenvalue weighted by atomic mass is 10.2. The van der Waals surface area contributed by atoms with Gasteiger partial charge in [0.1, 0.15) is 5.75 Å². The van der Waals surface area contributed by atoms with Crippen LogP contribution in [0.4, 0.5) is 0 Å². The Morgan fingerprint density at radius 3 is 2.77 bits per heavy atom. The first-order chi connectivity index (χ1) is 10.7. The molecule has 112 valence electrons. The number of aromatic amines is 1. The quantitative estimate of drug-likeness (QED) is 0.751. The molecule has 0 aliphatic carbocycles. The van der Waals surface area contributed by atoms with Crippen LogP contribution >= 0.6 is 0 Å². The Morgan fingerprint density at radius 1 is 1.27 bits per heavy atom. The van der Waals surface area contributed by atoms with Crippen molar-refractivity contribution < 1.29 is 9.53 Å². The highest BCUT2D eigenvalue weighted by atomic mass is 16.5. The maximum absolute atomic E-state index is 12.1. The van der Waals surface area contributed by atoms with E-state index >= 15 is 0 Å². The van der Waals surface area contributed by atoms with E-state index in [-0.39, 0.29) is 11.6 Å². The first-order valence-electron chi connectivity index (χ1n) is 6.65. The number of carbonyl (C=O) groups is 1. The summed E-state index contributed by atoms with van der Waals surface area (Å²) >= 11 is 0. The number of aromatic nitrogens is 3. The van der Waals surface area contributed by atoms with E-state index in [1.807, 2.05) is 24.3 Å². The normalized spacial score (nSPS) is 10.6.